The lowest BCUT2D eigenvalue weighted by molar-refractivity contribution is -0.115. The molecule has 20 heavy (non-hydrogen) atoms. The standard InChI is InChI=1S/C17H26N2O/c1-4-13-7-6-8-15(13)19-16-11-14(10-9-12(16)3)18-17(20)5-2/h9-11,13,15,19H,4-8H2,1-3H3,(H,18,20). The van der Waals surface area contributed by atoms with Crippen molar-refractivity contribution < 1.29 is 4.79 Å². The second-order valence-electron chi connectivity index (χ2n) is 5.78. The molecular weight excluding hydrogens is 248 g/mol. The number of benzene rings is 1. The van der Waals surface area contributed by atoms with Gasteiger partial charge in [-0.05, 0) is 43.4 Å². The molecule has 110 valence electrons. The van der Waals surface area contributed by atoms with Gasteiger partial charge in [-0.2, -0.15) is 0 Å². The van der Waals surface area contributed by atoms with Gasteiger partial charge < -0.3 is 10.6 Å². The Hall–Kier alpha value is -1.51. The van der Waals surface area contributed by atoms with E-state index in [-0.39, 0.29) is 5.91 Å². The molecule has 0 saturated heterocycles. The molecule has 2 N–H and O–H groups in total. The maximum Gasteiger partial charge on any atom is 0.224 e. The molecule has 1 saturated carbocycles. The molecule has 2 atom stereocenters. The maximum atomic E-state index is 11.5. The molecule has 0 radical (unpaired) electrons. The van der Waals surface area contributed by atoms with Crippen molar-refractivity contribution in [2.45, 2.75) is 58.9 Å². The van der Waals surface area contributed by atoms with E-state index in [4.69, 9.17) is 0 Å². The highest BCUT2D eigenvalue weighted by atomic mass is 16.1. The lowest BCUT2D eigenvalue weighted by atomic mass is 10.00. The Balaban J connectivity index is 2.10. The molecule has 0 spiro atoms. The normalized spacial score (nSPS) is 21.8. The molecule has 0 heterocycles. The Kier molecular flexibility index (Phi) is 5.05. The second kappa shape index (κ2) is 6.78. The van der Waals surface area contributed by atoms with Crippen LogP contribution in [0.5, 0.6) is 0 Å². The number of amides is 1. The zero-order chi connectivity index (χ0) is 14.5. The first kappa shape index (κ1) is 14.9. The Morgan fingerprint density at radius 1 is 1.30 bits per heavy atom. The third-order valence-corrected chi connectivity index (χ3v) is 4.37. The zero-order valence-electron chi connectivity index (χ0n) is 12.8. The predicted molar refractivity (Wildman–Crippen MR) is 85.1 cm³/mol. The summed E-state index contributed by atoms with van der Waals surface area (Å²) < 4.78 is 0. The van der Waals surface area contributed by atoms with E-state index in [0.29, 0.717) is 12.5 Å². The highest BCUT2D eigenvalue weighted by Crippen LogP contribution is 2.32. The summed E-state index contributed by atoms with van der Waals surface area (Å²) in [5.41, 5.74) is 3.28. The summed E-state index contributed by atoms with van der Waals surface area (Å²) in [6, 6.07) is 6.69. The van der Waals surface area contributed by atoms with Crippen LogP contribution < -0.4 is 10.6 Å². The van der Waals surface area contributed by atoms with Crippen LogP contribution in [-0.2, 0) is 4.79 Å². The summed E-state index contributed by atoms with van der Waals surface area (Å²) in [6.45, 7) is 6.26. The van der Waals surface area contributed by atoms with E-state index in [1.165, 1.54) is 31.2 Å². The molecule has 0 aliphatic heterocycles. The van der Waals surface area contributed by atoms with Crippen LogP contribution in [0.4, 0.5) is 11.4 Å². The molecule has 1 fully saturated rings. The summed E-state index contributed by atoms with van der Waals surface area (Å²) in [7, 11) is 0. The van der Waals surface area contributed by atoms with E-state index in [9.17, 15) is 4.79 Å². The summed E-state index contributed by atoms with van der Waals surface area (Å²) >= 11 is 0. The Labute approximate surface area is 122 Å². The van der Waals surface area contributed by atoms with Crippen LogP contribution in [0.1, 0.15) is 51.5 Å². The maximum absolute atomic E-state index is 11.5. The van der Waals surface area contributed by atoms with Gasteiger partial charge in [0, 0.05) is 23.8 Å². The summed E-state index contributed by atoms with van der Waals surface area (Å²) in [6.07, 6.45) is 5.66. The lowest BCUT2D eigenvalue weighted by Crippen LogP contribution is -2.24. The van der Waals surface area contributed by atoms with Crippen molar-refractivity contribution in [3.63, 3.8) is 0 Å². The van der Waals surface area contributed by atoms with Crippen LogP contribution in [0.3, 0.4) is 0 Å². The van der Waals surface area contributed by atoms with Crippen molar-refractivity contribution in [1.29, 1.82) is 0 Å². The monoisotopic (exact) mass is 274 g/mol. The molecule has 1 aliphatic rings. The molecule has 3 nitrogen and oxygen atoms in total. The first-order chi connectivity index (χ1) is 9.63. The van der Waals surface area contributed by atoms with Gasteiger partial charge in [0.25, 0.3) is 0 Å². The largest absolute Gasteiger partial charge is 0.382 e. The number of carbonyl (C=O) groups is 1. The van der Waals surface area contributed by atoms with Crippen LogP contribution in [0.25, 0.3) is 0 Å². The van der Waals surface area contributed by atoms with Gasteiger partial charge in [-0.1, -0.05) is 32.8 Å². The second-order valence-corrected chi connectivity index (χ2v) is 5.78. The highest BCUT2D eigenvalue weighted by Gasteiger charge is 2.25. The number of aryl methyl sites for hydroxylation is 1. The van der Waals surface area contributed by atoms with Crippen molar-refractivity contribution in [3.8, 4) is 0 Å². The zero-order valence-corrected chi connectivity index (χ0v) is 12.8. The van der Waals surface area contributed by atoms with E-state index in [0.717, 1.165) is 17.3 Å². The van der Waals surface area contributed by atoms with Crippen molar-refractivity contribution in [2.24, 2.45) is 5.92 Å². The molecule has 2 rings (SSSR count). The highest BCUT2D eigenvalue weighted by molar-refractivity contribution is 5.91. The van der Waals surface area contributed by atoms with Gasteiger partial charge in [0.1, 0.15) is 0 Å². The van der Waals surface area contributed by atoms with Crippen LogP contribution in [0, 0.1) is 12.8 Å². The number of rotatable bonds is 5. The van der Waals surface area contributed by atoms with Gasteiger partial charge in [-0.15, -0.1) is 0 Å². The van der Waals surface area contributed by atoms with E-state index in [1.807, 2.05) is 13.0 Å². The van der Waals surface area contributed by atoms with Crippen LogP contribution in [0.15, 0.2) is 18.2 Å². The van der Waals surface area contributed by atoms with Gasteiger partial charge in [0.15, 0.2) is 0 Å². The first-order valence-corrected chi connectivity index (χ1v) is 7.81. The quantitative estimate of drug-likeness (QED) is 0.839. The molecule has 0 aromatic heterocycles. The van der Waals surface area contributed by atoms with E-state index in [1.54, 1.807) is 0 Å². The summed E-state index contributed by atoms with van der Waals surface area (Å²) in [5, 5.41) is 6.62. The fraction of sp³-hybridized carbons (Fsp3) is 0.588. The van der Waals surface area contributed by atoms with E-state index < -0.39 is 0 Å². The molecule has 1 aliphatic carbocycles. The van der Waals surface area contributed by atoms with Crippen molar-refractivity contribution in [3.05, 3.63) is 23.8 Å². The summed E-state index contributed by atoms with van der Waals surface area (Å²) in [5.74, 6) is 0.843. The average Bonchev–Trinajstić information content (AvgIpc) is 2.89. The molecule has 1 amide bonds. The minimum Gasteiger partial charge on any atom is -0.382 e. The van der Waals surface area contributed by atoms with Crippen LogP contribution >= 0.6 is 0 Å². The SMILES string of the molecule is CCC(=O)Nc1ccc(C)c(NC2CCCC2CC)c1. The van der Waals surface area contributed by atoms with Crippen molar-refractivity contribution >= 4 is 17.3 Å². The Bertz CT molecular complexity index is 470. The Morgan fingerprint density at radius 3 is 2.80 bits per heavy atom. The minimum absolute atomic E-state index is 0.0621. The fourth-order valence-electron chi connectivity index (χ4n) is 3.02. The van der Waals surface area contributed by atoms with Gasteiger partial charge in [0.05, 0.1) is 0 Å². The number of hydrogen-bond acceptors (Lipinski definition) is 2. The van der Waals surface area contributed by atoms with Gasteiger partial charge in [0.2, 0.25) is 5.91 Å². The smallest absolute Gasteiger partial charge is 0.224 e. The first-order valence-electron chi connectivity index (χ1n) is 7.81. The van der Waals surface area contributed by atoms with Gasteiger partial charge in [-0.25, -0.2) is 0 Å². The Morgan fingerprint density at radius 2 is 2.10 bits per heavy atom. The third kappa shape index (κ3) is 3.53. The molecule has 0 bridgehead atoms. The third-order valence-electron chi connectivity index (χ3n) is 4.37. The van der Waals surface area contributed by atoms with Gasteiger partial charge in [-0.3, -0.25) is 4.79 Å². The minimum atomic E-state index is 0.0621. The average molecular weight is 274 g/mol. The molecule has 2 unspecified atom stereocenters. The van der Waals surface area contributed by atoms with E-state index in [2.05, 4.69) is 36.6 Å². The number of hydrogen-bond donors (Lipinski definition) is 2. The van der Waals surface area contributed by atoms with Crippen LogP contribution in [-0.4, -0.2) is 11.9 Å². The topological polar surface area (TPSA) is 41.1 Å². The molecular formula is C17H26N2O. The molecule has 1 aromatic rings. The summed E-state index contributed by atoms with van der Waals surface area (Å²) in [4.78, 5) is 11.5. The molecule has 1 aromatic carbocycles. The fourth-order valence-corrected chi connectivity index (χ4v) is 3.02. The van der Waals surface area contributed by atoms with E-state index >= 15 is 0 Å². The van der Waals surface area contributed by atoms with Crippen LogP contribution in [0.2, 0.25) is 0 Å². The van der Waals surface area contributed by atoms with Gasteiger partial charge >= 0.3 is 0 Å². The van der Waals surface area contributed by atoms with Crippen molar-refractivity contribution in [2.75, 3.05) is 10.6 Å². The lowest BCUT2D eigenvalue weighted by Gasteiger charge is -2.22. The van der Waals surface area contributed by atoms with Crippen molar-refractivity contribution in [1.82, 2.24) is 0 Å². The number of carbonyl (C=O) groups excluding carboxylic acids is 1. The predicted octanol–water partition coefficient (Wildman–Crippen LogP) is 4.33. The number of nitrogens with one attached hydrogen (secondary N) is 2. The number of anilines is 2. The molecule has 3 heteroatoms.